The molecular formula is C14H15FN4O2. The maximum atomic E-state index is 13.1. The number of halogens is 1. The van der Waals surface area contributed by atoms with Crippen molar-refractivity contribution in [2.24, 2.45) is 0 Å². The number of anilines is 1. The van der Waals surface area contributed by atoms with E-state index in [0.29, 0.717) is 6.54 Å². The van der Waals surface area contributed by atoms with Crippen molar-refractivity contribution in [1.82, 2.24) is 15.1 Å². The summed E-state index contributed by atoms with van der Waals surface area (Å²) in [5, 5.41) is 9.11. The van der Waals surface area contributed by atoms with Crippen molar-refractivity contribution < 1.29 is 14.0 Å². The normalized spacial score (nSPS) is 10.2. The summed E-state index contributed by atoms with van der Waals surface area (Å²) in [6.45, 7) is 2.42. The lowest BCUT2D eigenvalue weighted by Crippen LogP contribution is -2.21. The van der Waals surface area contributed by atoms with Crippen LogP contribution in [-0.2, 0) is 6.54 Å². The fraction of sp³-hybridized carbons (Fsp3) is 0.214. The van der Waals surface area contributed by atoms with E-state index < -0.39 is 17.6 Å². The van der Waals surface area contributed by atoms with Crippen molar-refractivity contribution in [3.8, 4) is 0 Å². The Morgan fingerprint density at radius 3 is 2.71 bits per heavy atom. The lowest BCUT2D eigenvalue weighted by Gasteiger charge is -2.04. The molecule has 0 saturated heterocycles. The van der Waals surface area contributed by atoms with E-state index in [-0.39, 0.29) is 16.9 Å². The molecule has 110 valence electrons. The number of nitrogens with one attached hydrogen (secondary N) is 2. The van der Waals surface area contributed by atoms with Crippen molar-refractivity contribution in [2.75, 3.05) is 12.4 Å². The lowest BCUT2D eigenvalue weighted by molar-refractivity contribution is 0.0958. The molecule has 2 amide bonds. The Hall–Kier alpha value is -2.70. The average molecular weight is 290 g/mol. The number of aryl methyl sites for hydroxylation is 1. The fourth-order valence-corrected chi connectivity index (χ4v) is 1.79. The molecule has 1 aromatic heterocycles. The average Bonchev–Trinajstić information content (AvgIpc) is 2.89. The Kier molecular flexibility index (Phi) is 4.32. The summed E-state index contributed by atoms with van der Waals surface area (Å²) in [4.78, 5) is 23.8. The minimum atomic E-state index is -0.504. The molecule has 0 aliphatic carbocycles. The maximum Gasteiger partial charge on any atom is 0.273 e. The van der Waals surface area contributed by atoms with Crippen LogP contribution < -0.4 is 10.6 Å². The highest BCUT2D eigenvalue weighted by Gasteiger charge is 2.18. The number of carbonyl (C=O) groups is 2. The van der Waals surface area contributed by atoms with Crippen LogP contribution in [0.3, 0.4) is 0 Å². The first kappa shape index (κ1) is 14.7. The molecule has 0 unspecified atom stereocenters. The molecular weight excluding hydrogens is 275 g/mol. The van der Waals surface area contributed by atoms with Gasteiger partial charge in [-0.25, -0.2) is 4.39 Å². The molecule has 2 aromatic rings. The van der Waals surface area contributed by atoms with E-state index in [0.717, 1.165) is 6.07 Å². The van der Waals surface area contributed by atoms with Crippen LogP contribution in [0.2, 0.25) is 0 Å². The van der Waals surface area contributed by atoms with Crippen LogP contribution in [0.4, 0.5) is 10.1 Å². The second-order valence-corrected chi connectivity index (χ2v) is 4.29. The molecule has 0 aliphatic heterocycles. The highest BCUT2D eigenvalue weighted by Crippen LogP contribution is 2.15. The van der Waals surface area contributed by atoms with Gasteiger partial charge in [0.2, 0.25) is 0 Å². The van der Waals surface area contributed by atoms with E-state index in [4.69, 9.17) is 0 Å². The molecule has 1 heterocycles. The first-order valence-electron chi connectivity index (χ1n) is 6.41. The first-order chi connectivity index (χ1) is 10.0. The highest BCUT2D eigenvalue weighted by molar-refractivity contribution is 6.08. The summed E-state index contributed by atoms with van der Waals surface area (Å²) in [6, 6.07) is 5.31. The Morgan fingerprint density at radius 2 is 2.10 bits per heavy atom. The van der Waals surface area contributed by atoms with Gasteiger partial charge in [0.25, 0.3) is 11.8 Å². The van der Waals surface area contributed by atoms with Crippen molar-refractivity contribution >= 4 is 17.5 Å². The molecule has 2 N–H and O–H groups in total. The molecule has 7 heteroatoms. The van der Waals surface area contributed by atoms with Crippen molar-refractivity contribution in [2.45, 2.75) is 13.5 Å². The molecule has 0 radical (unpaired) electrons. The van der Waals surface area contributed by atoms with Crippen LogP contribution in [0, 0.1) is 5.82 Å². The second-order valence-electron chi connectivity index (χ2n) is 4.29. The van der Waals surface area contributed by atoms with E-state index in [2.05, 4.69) is 15.7 Å². The molecule has 0 spiro atoms. The Morgan fingerprint density at radius 1 is 1.33 bits per heavy atom. The number of hydrogen-bond donors (Lipinski definition) is 2. The molecule has 6 nitrogen and oxygen atoms in total. The molecule has 1 aromatic carbocycles. The number of amides is 2. The van der Waals surface area contributed by atoms with E-state index >= 15 is 0 Å². The number of carbonyl (C=O) groups excluding carboxylic acids is 2. The van der Waals surface area contributed by atoms with Gasteiger partial charge in [-0.15, -0.1) is 0 Å². The summed E-state index contributed by atoms with van der Waals surface area (Å²) in [7, 11) is 1.48. The largest absolute Gasteiger partial charge is 0.354 e. The van der Waals surface area contributed by atoms with Crippen molar-refractivity contribution in [1.29, 1.82) is 0 Å². The van der Waals surface area contributed by atoms with Gasteiger partial charge >= 0.3 is 0 Å². The first-order valence-corrected chi connectivity index (χ1v) is 6.41. The summed E-state index contributed by atoms with van der Waals surface area (Å²) < 4.78 is 14.7. The number of rotatable bonds is 4. The minimum absolute atomic E-state index is 0.115. The third-order valence-electron chi connectivity index (χ3n) is 2.86. The van der Waals surface area contributed by atoms with Gasteiger partial charge in [-0.3, -0.25) is 14.3 Å². The maximum absolute atomic E-state index is 13.1. The van der Waals surface area contributed by atoms with Gasteiger partial charge in [-0.1, -0.05) is 6.07 Å². The van der Waals surface area contributed by atoms with Crippen LogP contribution in [-0.4, -0.2) is 28.6 Å². The lowest BCUT2D eigenvalue weighted by atomic mass is 10.2. The Bertz CT molecular complexity index is 681. The van der Waals surface area contributed by atoms with Crippen LogP contribution >= 0.6 is 0 Å². The van der Waals surface area contributed by atoms with Crippen LogP contribution in [0.1, 0.15) is 27.8 Å². The monoisotopic (exact) mass is 290 g/mol. The van der Waals surface area contributed by atoms with Gasteiger partial charge < -0.3 is 10.6 Å². The van der Waals surface area contributed by atoms with E-state index in [9.17, 15) is 14.0 Å². The van der Waals surface area contributed by atoms with Crippen molar-refractivity contribution in [3.63, 3.8) is 0 Å². The summed E-state index contributed by atoms with van der Waals surface area (Å²) in [6.07, 6.45) is 1.56. The minimum Gasteiger partial charge on any atom is -0.354 e. The molecule has 0 fully saturated rings. The third kappa shape index (κ3) is 3.25. The topological polar surface area (TPSA) is 76.0 Å². The van der Waals surface area contributed by atoms with Crippen molar-refractivity contribution in [3.05, 3.63) is 47.5 Å². The predicted octanol–water partition coefficient (Wildman–Crippen LogP) is 1.65. The van der Waals surface area contributed by atoms with E-state index in [1.54, 1.807) is 6.20 Å². The Labute approximate surface area is 121 Å². The quantitative estimate of drug-likeness (QED) is 0.899. The van der Waals surface area contributed by atoms with Crippen LogP contribution in [0.5, 0.6) is 0 Å². The zero-order chi connectivity index (χ0) is 15.4. The summed E-state index contributed by atoms with van der Waals surface area (Å²) in [5.74, 6) is -1.41. The van der Waals surface area contributed by atoms with Crippen LogP contribution in [0.25, 0.3) is 0 Å². The molecule has 0 bridgehead atoms. The number of aromatic nitrogens is 2. The predicted molar refractivity (Wildman–Crippen MR) is 75.6 cm³/mol. The molecule has 0 saturated carbocycles. The Balaban J connectivity index is 2.28. The summed E-state index contributed by atoms with van der Waals surface area (Å²) in [5.41, 5.74) is 0.566. The molecule has 0 aliphatic rings. The molecule has 21 heavy (non-hydrogen) atoms. The summed E-state index contributed by atoms with van der Waals surface area (Å²) >= 11 is 0. The fourth-order valence-electron chi connectivity index (χ4n) is 1.79. The van der Waals surface area contributed by atoms with Gasteiger partial charge in [0, 0.05) is 25.4 Å². The van der Waals surface area contributed by atoms with Gasteiger partial charge in [0.1, 0.15) is 5.82 Å². The number of benzene rings is 1. The number of hydrogen-bond acceptors (Lipinski definition) is 3. The van der Waals surface area contributed by atoms with E-state index in [1.807, 2.05) is 6.92 Å². The third-order valence-corrected chi connectivity index (χ3v) is 2.86. The second kappa shape index (κ2) is 6.17. The van der Waals surface area contributed by atoms with E-state index in [1.165, 1.54) is 29.9 Å². The van der Waals surface area contributed by atoms with Gasteiger partial charge in [-0.2, -0.15) is 5.10 Å². The standard InChI is InChI=1S/C14H15FN4O2/c1-3-19-8-11(12(18-19)14(21)16-2)17-13(20)9-5-4-6-10(15)7-9/h4-8H,3H2,1-2H3,(H,16,21)(H,17,20). The molecule has 0 atom stereocenters. The highest BCUT2D eigenvalue weighted by atomic mass is 19.1. The molecule has 2 rings (SSSR count). The number of nitrogens with zero attached hydrogens (tertiary/aromatic N) is 2. The zero-order valence-corrected chi connectivity index (χ0v) is 11.7. The van der Waals surface area contributed by atoms with Gasteiger partial charge in [0.05, 0.1) is 5.69 Å². The van der Waals surface area contributed by atoms with Gasteiger partial charge in [0.15, 0.2) is 5.69 Å². The smallest absolute Gasteiger partial charge is 0.273 e. The SMILES string of the molecule is CCn1cc(NC(=O)c2cccc(F)c2)c(C(=O)NC)n1. The van der Waals surface area contributed by atoms with Gasteiger partial charge in [-0.05, 0) is 25.1 Å². The van der Waals surface area contributed by atoms with Crippen LogP contribution in [0.15, 0.2) is 30.5 Å². The zero-order valence-electron chi connectivity index (χ0n) is 11.7.